The summed E-state index contributed by atoms with van der Waals surface area (Å²) in [5.74, 6) is 0.701. The number of rotatable bonds is 7. The van der Waals surface area contributed by atoms with Crippen molar-refractivity contribution in [3.05, 3.63) is 29.8 Å². The van der Waals surface area contributed by atoms with Gasteiger partial charge in [0, 0.05) is 50.7 Å². The van der Waals surface area contributed by atoms with Crippen LogP contribution in [-0.4, -0.2) is 68.7 Å². The molecule has 3 aliphatic rings. The Bertz CT molecular complexity index is 885. The molecule has 1 amide bonds. The molecule has 164 valence electrons. The molecule has 7 nitrogen and oxygen atoms in total. The minimum Gasteiger partial charge on any atom is -0.340 e. The monoisotopic (exact) mass is 432 g/mol. The normalized spacial score (nSPS) is 22.9. The van der Waals surface area contributed by atoms with E-state index in [9.17, 15) is 13.2 Å². The summed E-state index contributed by atoms with van der Waals surface area (Å²) in [4.78, 5) is 21.8. The van der Waals surface area contributed by atoms with Gasteiger partial charge in [-0.1, -0.05) is 31.4 Å². The summed E-state index contributed by atoms with van der Waals surface area (Å²) in [6, 6.07) is 7.65. The number of hydrogen-bond acceptors (Lipinski definition) is 5. The number of amides is 1. The third-order valence-electron chi connectivity index (χ3n) is 6.49. The predicted molar refractivity (Wildman–Crippen MR) is 117 cm³/mol. The Morgan fingerprint density at radius 3 is 2.53 bits per heavy atom. The van der Waals surface area contributed by atoms with E-state index in [1.54, 1.807) is 18.2 Å². The van der Waals surface area contributed by atoms with Crippen molar-refractivity contribution in [3.8, 4) is 0 Å². The molecule has 30 heavy (non-hydrogen) atoms. The molecular formula is C22H32N4O3S. The zero-order valence-electron chi connectivity index (χ0n) is 17.6. The van der Waals surface area contributed by atoms with E-state index in [1.807, 2.05) is 11.0 Å². The van der Waals surface area contributed by atoms with Gasteiger partial charge < -0.3 is 4.90 Å². The molecular weight excluding hydrogens is 400 g/mol. The fraction of sp³-hybridized carbons (Fsp3) is 0.636. The van der Waals surface area contributed by atoms with Gasteiger partial charge in [-0.25, -0.2) is 8.42 Å². The third kappa shape index (κ3) is 4.86. The van der Waals surface area contributed by atoms with E-state index in [0.29, 0.717) is 29.3 Å². The van der Waals surface area contributed by atoms with Crippen LogP contribution in [0.4, 0.5) is 0 Å². The Kier molecular flexibility index (Phi) is 6.73. The lowest BCUT2D eigenvalue weighted by Gasteiger charge is -2.38. The van der Waals surface area contributed by atoms with E-state index in [-0.39, 0.29) is 5.91 Å². The first-order chi connectivity index (χ1) is 14.5. The van der Waals surface area contributed by atoms with Gasteiger partial charge in [-0.05, 0) is 37.8 Å². The number of benzene rings is 1. The van der Waals surface area contributed by atoms with Gasteiger partial charge in [-0.15, -0.1) is 0 Å². The van der Waals surface area contributed by atoms with Gasteiger partial charge in [0.2, 0.25) is 5.91 Å². The molecule has 0 aromatic heterocycles. The lowest BCUT2D eigenvalue weighted by Crippen LogP contribution is -2.51. The highest BCUT2D eigenvalue weighted by molar-refractivity contribution is 7.90. The lowest BCUT2D eigenvalue weighted by atomic mass is 10.1. The van der Waals surface area contributed by atoms with E-state index in [2.05, 4.69) is 14.6 Å². The number of amidine groups is 1. The summed E-state index contributed by atoms with van der Waals surface area (Å²) < 4.78 is 26.7. The van der Waals surface area contributed by atoms with E-state index < -0.39 is 10.0 Å². The summed E-state index contributed by atoms with van der Waals surface area (Å²) in [6.07, 6.45) is 8.57. The maximum atomic E-state index is 12.5. The lowest BCUT2D eigenvalue weighted by molar-refractivity contribution is -0.133. The van der Waals surface area contributed by atoms with Crippen molar-refractivity contribution in [2.24, 2.45) is 4.99 Å². The van der Waals surface area contributed by atoms with Gasteiger partial charge in [0.25, 0.3) is 10.0 Å². The zero-order valence-corrected chi connectivity index (χ0v) is 18.4. The molecule has 2 fully saturated rings. The van der Waals surface area contributed by atoms with Crippen molar-refractivity contribution in [3.63, 3.8) is 0 Å². The highest BCUT2D eigenvalue weighted by atomic mass is 32.2. The van der Waals surface area contributed by atoms with E-state index in [0.717, 1.165) is 51.5 Å². The average molecular weight is 433 g/mol. The van der Waals surface area contributed by atoms with Crippen molar-refractivity contribution in [1.29, 1.82) is 0 Å². The molecule has 4 rings (SSSR count). The highest BCUT2D eigenvalue weighted by Crippen LogP contribution is 2.25. The van der Waals surface area contributed by atoms with Crippen molar-refractivity contribution in [2.45, 2.75) is 62.3 Å². The average Bonchev–Trinajstić information content (AvgIpc) is 3.38. The van der Waals surface area contributed by atoms with Gasteiger partial charge in [0.1, 0.15) is 5.84 Å². The van der Waals surface area contributed by atoms with Gasteiger partial charge in [0.15, 0.2) is 0 Å². The first-order valence-electron chi connectivity index (χ1n) is 11.2. The van der Waals surface area contributed by atoms with Crippen LogP contribution in [0.1, 0.15) is 56.9 Å². The summed E-state index contributed by atoms with van der Waals surface area (Å²) in [7, 11) is -3.47. The fourth-order valence-electron chi connectivity index (χ4n) is 4.77. The van der Waals surface area contributed by atoms with Crippen LogP contribution in [-0.2, 0) is 14.8 Å². The number of piperazine rings is 1. The number of sulfonamides is 1. The van der Waals surface area contributed by atoms with Gasteiger partial charge in [-0.2, -0.15) is 0 Å². The highest BCUT2D eigenvalue weighted by Gasteiger charge is 2.30. The predicted octanol–water partition coefficient (Wildman–Crippen LogP) is 2.37. The van der Waals surface area contributed by atoms with Gasteiger partial charge in [0.05, 0.1) is 4.90 Å². The van der Waals surface area contributed by atoms with Crippen LogP contribution < -0.4 is 4.72 Å². The van der Waals surface area contributed by atoms with Crippen LogP contribution in [0.2, 0.25) is 0 Å². The van der Waals surface area contributed by atoms with Crippen LogP contribution in [0, 0.1) is 0 Å². The molecule has 1 aliphatic carbocycles. The topological polar surface area (TPSA) is 82.1 Å². The number of unbranched alkanes of at least 4 members (excludes halogenated alkanes) is 2. The number of fused-ring (bicyclic) bond motifs is 1. The Morgan fingerprint density at radius 1 is 1.03 bits per heavy atom. The minimum atomic E-state index is -3.47. The van der Waals surface area contributed by atoms with Crippen molar-refractivity contribution >= 4 is 21.8 Å². The Balaban J connectivity index is 1.14. The smallest absolute Gasteiger partial charge is 0.263 e. The molecule has 1 saturated heterocycles. The van der Waals surface area contributed by atoms with E-state index in [1.165, 1.54) is 25.7 Å². The van der Waals surface area contributed by atoms with Crippen molar-refractivity contribution in [1.82, 2.24) is 14.5 Å². The number of carbonyl (C=O) groups is 1. The Morgan fingerprint density at radius 2 is 1.77 bits per heavy atom. The molecule has 1 aromatic rings. The van der Waals surface area contributed by atoms with Crippen molar-refractivity contribution in [2.75, 3.05) is 32.7 Å². The zero-order chi connectivity index (χ0) is 21.0. The molecule has 1 saturated carbocycles. The molecule has 1 aromatic carbocycles. The second kappa shape index (κ2) is 9.47. The van der Waals surface area contributed by atoms with Crippen LogP contribution in [0.15, 0.2) is 34.2 Å². The van der Waals surface area contributed by atoms with E-state index >= 15 is 0 Å². The number of nitrogens with zero attached hydrogens (tertiary/aromatic N) is 3. The first kappa shape index (κ1) is 21.3. The number of carbonyl (C=O) groups excluding carboxylic acids is 1. The second-order valence-corrected chi connectivity index (χ2v) is 10.1. The number of aliphatic imine (C=N–C) groups is 1. The SMILES string of the molecule is O=C(CCCCCN=C1NS(=O)(=O)c2ccccc21)N1CCN(C2CCCC2)CC1. The summed E-state index contributed by atoms with van der Waals surface area (Å²) in [5, 5.41) is 0. The largest absolute Gasteiger partial charge is 0.340 e. The standard InChI is InChI=1S/C22H32N4O3S/c27-21(26-16-14-25(15-17-26)18-8-3-4-9-18)12-2-1-7-13-23-22-19-10-5-6-11-20(19)30(28,29)24-22/h5-6,10-11,18H,1-4,7-9,12-17H2,(H,23,24). The molecule has 8 heteroatoms. The first-order valence-corrected chi connectivity index (χ1v) is 12.7. The quantitative estimate of drug-likeness (QED) is 0.671. The number of nitrogens with one attached hydrogen (secondary N) is 1. The van der Waals surface area contributed by atoms with E-state index in [4.69, 9.17) is 0 Å². The molecule has 2 heterocycles. The van der Waals surface area contributed by atoms with Gasteiger partial charge in [-0.3, -0.25) is 19.4 Å². The van der Waals surface area contributed by atoms with Crippen molar-refractivity contribution < 1.29 is 13.2 Å². The Hall–Kier alpha value is -1.93. The molecule has 0 bridgehead atoms. The maximum Gasteiger partial charge on any atom is 0.263 e. The van der Waals surface area contributed by atoms with Crippen LogP contribution in [0.5, 0.6) is 0 Å². The maximum absolute atomic E-state index is 12.5. The molecule has 0 spiro atoms. The molecule has 0 radical (unpaired) electrons. The fourth-order valence-corrected chi connectivity index (χ4v) is 6.02. The summed E-state index contributed by atoms with van der Waals surface area (Å²) in [6.45, 7) is 4.32. The van der Waals surface area contributed by atoms with Crippen LogP contribution in [0.25, 0.3) is 0 Å². The third-order valence-corrected chi connectivity index (χ3v) is 7.89. The van der Waals surface area contributed by atoms with Crippen LogP contribution >= 0.6 is 0 Å². The van der Waals surface area contributed by atoms with Gasteiger partial charge >= 0.3 is 0 Å². The summed E-state index contributed by atoms with van der Waals surface area (Å²) in [5.41, 5.74) is 0.643. The molecule has 0 unspecified atom stereocenters. The summed E-state index contributed by atoms with van der Waals surface area (Å²) >= 11 is 0. The second-order valence-electron chi connectivity index (χ2n) is 8.50. The molecule has 0 atom stereocenters. The van der Waals surface area contributed by atoms with Crippen LogP contribution in [0.3, 0.4) is 0 Å². The molecule has 1 N–H and O–H groups in total. The Labute approximate surface area is 179 Å². The number of hydrogen-bond donors (Lipinski definition) is 1. The molecule has 2 aliphatic heterocycles. The minimum absolute atomic E-state index is 0.268.